The minimum atomic E-state index is -0.469. The van der Waals surface area contributed by atoms with Crippen LogP contribution in [-0.2, 0) is 0 Å². The van der Waals surface area contributed by atoms with E-state index in [1.807, 2.05) is 0 Å². The van der Waals surface area contributed by atoms with Gasteiger partial charge in [0.2, 0.25) is 0 Å². The highest BCUT2D eigenvalue weighted by Gasteiger charge is 2.11. The average Bonchev–Trinajstić information content (AvgIpc) is 3.09. The van der Waals surface area contributed by atoms with Crippen molar-refractivity contribution in [3.8, 4) is 17.4 Å². The Kier molecular flexibility index (Phi) is 5.08. The van der Waals surface area contributed by atoms with Gasteiger partial charge in [-0.15, -0.1) is 0 Å². The largest absolute Gasteiger partial charge is 0.457 e. The first-order valence-electron chi connectivity index (χ1n) is 7.40. The first kappa shape index (κ1) is 17.7. The molecule has 26 heavy (non-hydrogen) atoms. The molecule has 3 rings (SSSR count). The van der Waals surface area contributed by atoms with Crippen molar-refractivity contribution in [2.75, 3.05) is 0 Å². The van der Waals surface area contributed by atoms with Gasteiger partial charge >= 0.3 is 0 Å². The molecular weight excluding hydrogens is 375 g/mol. The van der Waals surface area contributed by atoms with Crippen LogP contribution in [0, 0.1) is 21.4 Å². The molecule has 0 amide bonds. The molecular formula is C19H10Cl2N2O3. The number of non-ortho nitro benzene ring substituents is 1. The molecule has 2 aromatic carbocycles. The van der Waals surface area contributed by atoms with Crippen LogP contribution >= 0.6 is 23.2 Å². The topological polar surface area (TPSA) is 80.1 Å². The number of allylic oxidation sites excluding steroid dienone is 1. The Hall–Kier alpha value is -3.07. The highest BCUT2D eigenvalue weighted by atomic mass is 35.5. The fourth-order valence-electron chi connectivity index (χ4n) is 2.38. The van der Waals surface area contributed by atoms with Crippen LogP contribution in [0.4, 0.5) is 5.69 Å². The molecule has 0 unspecified atom stereocenters. The monoisotopic (exact) mass is 384 g/mol. The summed E-state index contributed by atoms with van der Waals surface area (Å²) in [6.07, 6.45) is 1.55. The minimum Gasteiger partial charge on any atom is -0.457 e. The number of furan rings is 1. The molecule has 3 aromatic rings. The molecule has 1 aromatic heterocycles. The van der Waals surface area contributed by atoms with Crippen LogP contribution in [0.25, 0.3) is 23.0 Å². The molecule has 5 nitrogen and oxygen atoms in total. The zero-order valence-corrected chi connectivity index (χ0v) is 14.7. The summed E-state index contributed by atoms with van der Waals surface area (Å²) in [7, 11) is 0. The van der Waals surface area contributed by atoms with Gasteiger partial charge in [0, 0.05) is 28.3 Å². The standard InChI is InChI=1S/C19H10Cl2N2O3/c20-14-4-6-17(18(21)10-14)13(11-22)9-16-5-7-19(26-16)12-2-1-3-15(8-12)23(24)25/h1-10H/b13-9+. The Bertz CT molecular complexity index is 1060. The molecule has 0 aliphatic heterocycles. The van der Waals surface area contributed by atoms with Gasteiger partial charge in [-0.2, -0.15) is 5.26 Å². The Morgan fingerprint density at radius 2 is 1.96 bits per heavy atom. The van der Waals surface area contributed by atoms with E-state index in [-0.39, 0.29) is 5.69 Å². The number of nitriles is 1. The van der Waals surface area contributed by atoms with E-state index in [1.54, 1.807) is 48.5 Å². The van der Waals surface area contributed by atoms with Crippen LogP contribution in [0.3, 0.4) is 0 Å². The predicted octanol–water partition coefficient (Wildman–Crippen LogP) is 6.23. The van der Waals surface area contributed by atoms with Crippen LogP contribution in [0.5, 0.6) is 0 Å². The summed E-state index contributed by atoms with van der Waals surface area (Å²) < 4.78 is 5.70. The number of nitrogens with zero attached hydrogens (tertiary/aromatic N) is 2. The number of halogens is 2. The van der Waals surface area contributed by atoms with Gasteiger partial charge in [0.25, 0.3) is 5.69 Å². The lowest BCUT2D eigenvalue weighted by Crippen LogP contribution is -1.87. The fourth-order valence-corrected chi connectivity index (χ4v) is 2.89. The van der Waals surface area contributed by atoms with Crippen LogP contribution in [0.15, 0.2) is 59.0 Å². The Labute approximate surface area is 158 Å². The summed E-state index contributed by atoms with van der Waals surface area (Å²) in [4.78, 5) is 10.4. The van der Waals surface area contributed by atoms with Crippen LogP contribution in [0.2, 0.25) is 10.0 Å². The molecule has 0 fully saturated rings. The van der Waals surface area contributed by atoms with Crippen molar-refractivity contribution < 1.29 is 9.34 Å². The molecule has 0 aliphatic carbocycles. The maximum atomic E-state index is 10.9. The number of benzene rings is 2. The number of nitro groups is 1. The molecule has 7 heteroatoms. The lowest BCUT2D eigenvalue weighted by molar-refractivity contribution is -0.384. The lowest BCUT2D eigenvalue weighted by Gasteiger charge is -2.02. The van der Waals surface area contributed by atoms with Crippen molar-refractivity contribution >= 4 is 40.5 Å². The van der Waals surface area contributed by atoms with Gasteiger partial charge in [0.15, 0.2) is 0 Å². The molecule has 1 heterocycles. The Morgan fingerprint density at radius 3 is 2.65 bits per heavy atom. The Balaban J connectivity index is 1.96. The van der Waals surface area contributed by atoms with Crippen molar-refractivity contribution in [2.45, 2.75) is 0 Å². The van der Waals surface area contributed by atoms with Gasteiger partial charge < -0.3 is 4.42 Å². The van der Waals surface area contributed by atoms with Gasteiger partial charge in [-0.1, -0.05) is 41.4 Å². The van der Waals surface area contributed by atoms with Crippen molar-refractivity contribution in [3.63, 3.8) is 0 Å². The van der Waals surface area contributed by atoms with E-state index in [4.69, 9.17) is 27.6 Å². The van der Waals surface area contributed by atoms with E-state index in [2.05, 4.69) is 6.07 Å². The van der Waals surface area contributed by atoms with Crippen molar-refractivity contribution in [2.24, 2.45) is 0 Å². The molecule has 0 aliphatic rings. The Morgan fingerprint density at radius 1 is 1.15 bits per heavy atom. The second kappa shape index (κ2) is 7.44. The highest BCUT2D eigenvalue weighted by Crippen LogP contribution is 2.30. The summed E-state index contributed by atoms with van der Waals surface area (Å²) >= 11 is 12.0. The van der Waals surface area contributed by atoms with Gasteiger partial charge in [0.1, 0.15) is 11.5 Å². The smallest absolute Gasteiger partial charge is 0.270 e. The third-order valence-corrected chi connectivity index (χ3v) is 4.14. The second-order valence-corrected chi connectivity index (χ2v) is 6.15. The lowest BCUT2D eigenvalue weighted by atomic mass is 10.1. The van der Waals surface area contributed by atoms with Crippen molar-refractivity contribution in [1.82, 2.24) is 0 Å². The zero-order valence-electron chi connectivity index (χ0n) is 13.1. The summed E-state index contributed by atoms with van der Waals surface area (Å²) in [5.41, 5.74) is 1.39. The summed E-state index contributed by atoms with van der Waals surface area (Å²) in [5, 5.41) is 21.2. The number of hydrogen-bond donors (Lipinski definition) is 0. The number of hydrogen-bond acceptors (Lipinski definition) is 4. The molecule has 0 spiro atoms. The second-order valence-electron chi connectivity index (χ2n) is 5.30. The maximum absolute atomic E-state index is 10.9. The van der Waals surface area contributed by atoms with Crippen molar-refractivity contribution in [3.05, 3.63) is 86.1 Å². The van der Waals surface area contributed by atoms with E-state index in [0.717, 1.165) is 0 Å². The molecule has 0 atom stereocenters. The third-order valence-electron chi connectivity index (χ3n) is 3.60. The molecule has 0 N–H and O–H groups in total. The SMILES string of the molecule is N#C/C(=C\c1ccc(-c2cccc([N+](=O)[O-])c2)o1)c1ccc(Cl)cc1Cl. The van der Waals surface area contributed by atoms with Gasteiger partial charge in [0.05, 0.1) is 21.6 Å². The molecule has 0 saturated heterocycles. The van der Waals surface area contributed by atoms with Crippen LogP contribution < -0.4 is 0 Å². The van der Waals surface area contributed by atoms with Gasteiger partial charge in [-0.05, 0) is 30.3 Å². The predicted molar refractivity (Wildman–Crippen MR) is 101 cm³/mol. The fraction of sp³-hybridized carbons (Fsp3) is 0. The van der Waals surface area contributed by atoms with Gasteiger partial charge in [-0.3, -0.25) is 10.1 Å². The quantitative estimate of drug-likeness (QED) is 0.303. The van der Waals surface area contributed by atoms with E-state index < -0.39 is 4.92 Å². The third kappa shape index (κ3) is 3.77. The normalized spacial score (nSPS) is 11.2. The first-order valence-corrected chi connectivity index (χ1v) is 8.15. The highest BCUT2D eigenvalue weighted by molar-refractivity contribution is 6.36. The van der Waals surface area contributed by atoms with Crippen molar-refractivity contribution in [1.29, 1.82) is 5.26 Å². The first-order chi connectivity index (χ1) is 12.5. The van der Waals surface area contributed by atoms with E-state index in [1.165, 1.54) is 12.1 Å². The minimum absolute atomic E-state index is 0.0262. The maximum Gasteiger partial charge on any atom is 0.270 e. The van der Waals surface area contributed by atoms with Crippen LogP contribution in [-0.4, -0.2) is 4.92 Å². The van der Waals surface area contributed by atoms with Crippen LogP contribution in [0.1, 0.15) is 11.3 Å². The number of nitro benzene ring substituents is 1. The van der Waals surface area contributed by atoms with E-state index in [9.17, 15) is 15.4 Å². The van der Waals surface area contributed by atoms with Gasteiger partial charge in [-0.25, -0.2) is 0 Å². The van der Waals surface area contributed by atoms with E-state index >= 15 is 0 Å². The summed E-state index contributed by atoms with van der Waals surface area (Å²) in [6.45, 7) is 0. The molecule has 0 radical (unpaired) electrons. The zero-order chi connectivity index (χ0) is 18.7. The number of rotatable bonds is 4. The average molecular weight is 385 g/mol. The molecule has 128 valence electrons. The molecule has 0 bridgehead atoms. The summed E-state index contributed by atoms with van der Waals surface area (Å²) in [5.74, 6) is 0.883. The van der Waals surface area contributed by atoms with E-state index in [0.29, 0.717) is 38.3 Å². The summed E-state index contributed by atoms with van der Waals surface area (Å²) in [6, 6.07) is 16.4. The molecule has 0 saturated carbocycles.